The number of aromatic nitrogens is 3. The number of nitrogens with two attached hydrogens (primary N) is 1. The largest absolute Gasteiger partial charge is 0.457 e. The number of benzene rings is 2. The van der Waals surface area contributed by atoms with Crippen LogP contribution >= 0.6 is 0 Å². The van der Waals surface area contributed by atoms with E-state index in [-0.39, 0.29) is 12.1 Å². The second kappa shape index (κ2) is 10.3. The van der Waals surface area contributed by atoms with Crippen LogP contribution in [-0.2, 0) is 0 Å². The van der Waals surface area contributed by atoms with E-state index >= 15 is 0 Å². The van der Waals surface area contributed by atoms with E-state index in [0.717, 1.165) is 72.7 Å². The van der Waals surface area contributed by atoms with Crippen LogP contribution in [0.5, 0.6) is 11.5 Å². The number of piperazine rings is 1. The number of fused-ring (bicyclic) bond motifs is 1. The number of carbonyl (C=O) groups excluding carboxylic acids is 1. The maximum Gasteiger partial charge on any atom is 0.320 e. The van der Waals surface area contributed by atoms with Gasteiger partial charge >= 0.3 is 6.03 Å². The predicted molar refractivity (Wildman–Crippen MR) is 148 cm³/mol. The van der Waals surface area contributed by atoms with Gasteiger partial charge in [0.1, 0.15) is 17.2 Å². The minimum Gasteiger partial charge on any atom is -0.457 e. The van der Waals surface area contributed by atoms with Crippen molar-refractivity contribution in [2.24, 2.45) is 0 Å². The van der Waals surface area contributed by atoms with E-state index < -0.39 is 0 Å². The SMILES string of the molecule is CN1CCN(C(=O)N2CCC(n3nc(-c4ccc(Oc5ccccc5)cc4)c4c(N)cncc43)CC2)CC1. The smallest absolute Gasteiger partial charge is 0.320 e. The lowest BCUT2D eigenvalue weighted by Gasteiger charge is -2.39. The van der Waals surface area contributed by atoms with Gasteiger partial charge in [0, 0.05) is 44.8 Å². The molecule has 0 aliphatic carbocycles. The number of para-hydroxylation sites is 1. The van der Waals surface area contributed by atoms with Gasteiger partial charge in [-0.2, -0.15) is 5.10 Å². The number of ether oxygens (including phenoxy) is 1. The fraction of sp³-hybridized carbons (Fsp3) is 0.345. The summed E-state index contributed by atoms with van der Waals surface area (Å²) in [6.45, 7) is 4.88. The highest BCUT2D eigenvalue weighted by atomic mass is 16.5. The van der Waals surface area contributed by atoms with Gasteiger partial charge in [-0.3, -0.25) is 9.67 Å². The van der Waals surface area contributed by atoms with E-state index in [1.807, 2.05) is 70.6 Å². The molecule has 4 heterocycles. The Hall–Kier alpha value is -4.11. The summed E-state index contributed by atoms with van der Waals surface area (Å²) in [5.41, 5.74) is 9.76. The van der Waals surface area contributed by atoms with Gasteiger partial charge in [-0.15, -0.1) is 0 Å². The molecule has 0 bridgehead atoms. The molecule has 2 N–H and O–H groups in total. The van der Waals surface area contributed by atoms with Crippen molar-refractivity contribution in [2.75, 3.05) is 52.0 Å². The molecule has 0 unspecified atom stereocenters. The Morgan fingerprint density at radius 2 is 1.53 bits per heavy atom. The minimum atomic E-state index is 0.159. The Kier molecular flexibility index (Phi) is 6.59. The van der Waals surface area contributed by atoms with Crippen LogP contribution in [0.3, 0.4) is 0 Å². The van der Waals surface area contributed by atoms with Crippen molar-refractivity contribution in [3.8, 4) is 22.8 Å². The van der Waals surface area contributed by atoms with E-state index in [0.29, 0.717) is 18.8 Å². The molecule has 9 heteroatoms. The van der Waals surface area contributed by atoms with Crippen LogP contribution in [0, 0.1) is 0 Å². The normalized spacial score (nSPS) is 17.2. The van der Waals surface area contributed by atoms with Crippen molar-refractivity contribution in [1.29, 1.82) is 0 Å². The Morgan fingerprint density at radius 3 is 2.24 bits per heavy atom. The second-order valence-electron chi connectivity index (χ2n) is 10.1. The van der Waals surface area contributed by atoms with E-state index in [9.17, 15) is 4.79 Å². The van der Waals surface area contributed by atoms with Gasteiger partial charge < -0.3 is 25.2 Å². The number of carbonyl (C=O) groups is 1. The first-order valence-corrected chi connectivity index (χ1v) is 13.2. The molecule has 2 aromatic carbocycles. The number of nitrogen functional groups attached to an aromatic ring is 1. The number of likely N-dealkylation sites (tertiary alicyclic amines) is 1. The third kappa shape index (κ3) is 4.77. The molecule has 0 atom stereocenters. The quantitative estimate of drug-likeness (QED) is 0.434. The summed E-state index contributed by atoms with van der Waals surface area (Å²) in [7, 11) is 2.10. The number of hydrogen-bond donors (Lipinski definition) is 1. The monoisotopic (exact) mass is 511 g/mol. The van der Waals surface area contributed by atoms with Crippen LogP contribution in [-0.4, -0.2) is 81.8 Å². The maximum absolute atomic E-state index is 13.1. The first-order chi connectivity index (χ1) is 18.6. The average Bonchev–Trinajstić information content (AvgIpc) is 3.35. The van der Waals surface area contributed by atoms with Crippen molar-refractivity contribution in [3.05, 3.63) is 67.0 Å². The number of amides is 2. The first-order valence-electron chi connectivity index (χ1n) is 13.2. The van der Waals surface area contributed by atoms with Crippen LogP contribution in [0.4, 0.5) is 10.5 Å². The molecule has 2 amide bonds. The van der Waals surface area contributed by atoms with Crippen LogP contribution in [0.25, 0.3) is 22.2 Å². The summed E-state index contributed by atoms with van der Waals surface area (Å²) >= 11 is 0. The lowest BCUT2D eigenvalue weighted by Crippen LogP contribution is -2.53. The number of anilines is 1. The highest BCUT2D eigenvalue weighted by Gasteiger charge is 2.30. The highest BCUT2D eigenvalue weighted by Crippen LogP contribution is 2.36. The van der Waals surface area contributed by atoms with Crippen molar-refractivity contribution in [3.63, 3.8) is 0 Å². The molecule has 0 saturated carbocycles. The Morgan fingerprint density at radius 1 is 0.868 bits per heavy atom. The summed E-state index contributed by atoms with van der Waals surface area (Å²) in [5, 5.41) is 5.97. The molecule has 2 aliphatic rings. The molecular formula is C29H33N7O2. The summed E-state index contributed by atoms with van der Waals surface area (Å²) < 4.78 is 8.03. The molecule has 4 aromatic rings. The zero-order chi connectivity index (χ0) is 26.1. The highest BCUT2D eigenvalue weighted by molar-refractivity contribution is 6.01. The van der Waals surface area contributed by atoms with Crippen molar-refractivity contribution < 1.29 is 9.53 Å². The Labute approximate surface area is 222 Å². The Balaban J connectivity index is 1.21. The average molecular weight is 512 g/mol. The van der Waals surface area contributed by atoms with Gasteiger partial charge in [0.25, 0.3) is 0 Å². The minimum absolute atomic E-state index is 0.159. The first kappa shape index (κ1) is 24.2. The molecule has 6 rings (SSSR count). The molecule has 2 saturated heterocycles. The molecular weight excluding hydrogens is 478 g/mol. The standard InChI is InChI=1S/C29H33N7O2/c1-33-15-17-35(18-16-33)29(37)34-13-11-22(12-14-34)36-26-20-31-19-25(30)27(26)28(32-36)21-7-9-24(10-8-21)38-23-5-3-2-4-6-23/h2-10,19-20,22H,11-18,30H2,1H3. The lowest BCUT2D eigenvalue weighted by atomic mass is 10.0. The zero-order valence-electron chi connectivity index (χ0n) is 21.7. The third-order valence-electron chi connectivity index (χ3n) is 7.61. The number of hydrogen-bond acceptors (Lipinski definition) is 6. The van der Waals surface area contributed by atoms with Crippen LogP contribution in [0.15, 0.2) is 67.0 Å². The van der Waals surface area contributed by atoms with Crippen molar-refractivity contribution in [2.45, 2.75) is 18.9 Å². The maximum atomic E-state index is 13.1. The van der Waals surface area contributed by atoms with Crippen molar-refractivity contribution in [1.82, 2.24) is 29.5 Å². The van der Waals surface area contributed by atoms with Crippen LogP contribution in [0.2, 0.25) is 0 Å². The van der Waals surface area contributed by atoms with E-state index in [1.165, 1.54) is 0 Å². The van der Waals surface area contributed by atoms with Gasteiger partial charge in [0.05, 0.1) is 35.0 Å². The van der Waals surface area contributed by atoms with Gasteiger partial charge in [0.2, 0.25) is 0 Å². The molecule has 0 spiro atoms. The topological polar surface area (TPSA) is 92.8 Å². The number of rotatable bonds is 4. The fourth-order valence-electron chi connectivity index (χ4n) is 5.39. The molecule has 9 nitrogen and oxygen atoms in total. The van der Waals surface area contributed by atoms with Gasteiger partial charge in [-0.05, 0) is 56.3 Å². The summed E-state index contributed by atoms with van der Waals surface area (Å²) in [5.74, 6) is 1.55. The zero-order valence-corrected chi connectivity index (χ0v) is 21.7. The third-order valence-corrected chi connectivity index (χ3v) is 7.61. The number of nitrogens with zero attached hydrogens (tertiary/aromatic N) is 6. The molecule has 2 aromatic heterocycles. The molecule has 0 radical (unpaired) electrons. The van der Waals surface area contributed by atoms with Crippen LogP contribution < -0.4 is 10.5 Å². The van der Waals surface area contributed by atoms with Gasteiger partial charge in [-0.25, -0.2) is 4.79 Å². The van der Waals surface area contributed by atoms with Gasteiger partial charge in [-0.1, -0.05) is 18.2 Å². The number of pyridine rings is 1. The summed E-state index contributed by atoms with van der Waals surface area (Å²) in [6, 6.07) is 18.0. The molecule has 2 aliphatic heterocycles. The number of piperidine rings is 1. The molecule has 38 heavy (non-hydrogen) atoms. The van der Waals surface area contributed by atoms with E-state index in [4.69, 9.17) is 15.6 Å². The lowest BCUT2D eigenvalue weighted by molar-refractivity contribution is 0.109. The predicted octanol–water partition coefficient (Wildman–Crippen LogP) is 4.48. The summed E-state index contributed by atoms with van der Waals surface area (Å²) in [4.78, 5) is 23.7. The number of likely N-dealkylation sites (N-methyl/N-ethyl adjacent to an activating group) is 1. The number of urea groups is 1. The molecule has 196 valence electrons. The fourth-order valence-corrected chi connectivity index (χ4v) is 5.39. The van der Waals surface area contributed by atoms with E-state index in [1.54, 1.807) is 6.20 Å². The van der Waals surface area contributed by atoms with E-state index in [2.05, 4.69) is 21.6 Å². The van der Waals surface area contributed by atoms with Gasteiger partial charge in [0.15, 0.2) is 0 Å². The second-order valence-corrected chi connectivity index (χ2v) is 10.1. The Bertz CT molecular complexity index is 1400. The van der Waals surface area contributed by atoms with Crippen molar-refractivity contribution >= 4 is 22.6 Å². The van der Waals surface area contributed by atoms with Crippen LogP contribution in [0.1, 0.15) is 18.9 Å². The molecule has 2 fully saturated rings. The summed E-state index contributed by atoms with van der Waals surface area (Å²) in [6.07, 6.45) is 5.21.